The van der Waals surface area contributed by atoms with Crippen molar-refractivity contribution in [2.45, 2.75) is 6.92 Å². The first-order chi connectivity index (χ1) is 9.52. The molecule has 2 rings (SSSR count). The minimum Gasteiger partial charge on any atom is -0.482 e. The Morgan fingerprint density at radius 1 is 1.45 bits per heavy atom. The number of aromatic carboxylic acids is 1. The molecular formula is C13H13NO6. The summed E-state index contributed by atoms with van der Waals surface area (Å²) < 4.78 is 9.99. The molecule has 0 fully saturated rings. The molecule has 1 N–H and O–H groups in total. The Labute approximate surface area is 114 Å². The summed E-state index contributed by atoms with van der Waals surface area (Å²) in [5, 5.41) is 8.91. The van der Waals surface area contributed by atoms with E-state index < -0.39 is 11.9 Å². The molecule has 0 aliphatic carbocycles. The van der Waals surface area contributed by atoms with Crippen LogP contribution in [0.1, 0.15) is 17.3 Å². The summed E-state index contributed by atoms with van der Waals surface area (Å²) in [4.78, 5) is 35.4. The lowest BCUT2D eigenvalue weighted by molar-refractivity contribution is -0.142. The van der Waals surface area contributed by atoms with Crippen LogP contribution < -0.4 is 9.64 Å². The molecule has 0 unspecified atom stereocenters. The molecule has 20 heavy (non-hydrogen) atoms. The molecule has 0 radical (unpaired) electrons. The molecule has 0 saturated carbocycles. The predicted molar refractivity (Wildman–Crippen MR) is 67.9 cm³/mol. The monoisotopic (exact) mass is 279 g/mol. The fourth-order valence-corrected chi connectivity index (χ4v) is 1.85. The molecule has 0 bridgehead atoms. The lowest BCUT2D eigenvalue weighted by atomic mass is 10.1. The Morgan fingerprint density at radius 3 is 2.85 bits per heavy atom. The van der Waals surface area contributed by atoms with Crippen molar-refractivity contribution in [3.63, 3.8) is 0 Å². The van der Waals surface area contributed by atoms with Crippen LogP contribution in [0.15, 0.2) is 18.2 Å². The van der Waals surface area contributed by atoms with Gasteiger partial charge in [0.1, 0.15) is 12.3 Å². The van der Waals surface area contributed by atoms with Crippen molar-refractivity contribution in [3.05, 3.63) is 23.8 Å². The highest BCUT2D eigenvalue weighted by Gasteiger charge is 2.28. The molecule has 1 aliphatic rings. The van der Waals surface area contributed by atoms with Gasteiger partial charge in [-0.15, -0.1) is 0 Å². The largest absolute Gasteiger partial charge is 0.482 e. The van der Waals surface area contributed by atoms with Crippen LogP contribution in [-0.4, -0.2) is 42.7 Å². The van der Waals surface area contributed by atoms with Gasteiger partial charge in [0, 0.05) is 0 Å². The molecule has 106 valence electrons. The summed E-state index contributed by atoms with van der Waals surface area (Å²) >= 11 is 0. The van der Waals surface area contributed by atoms with Crippen molar-refractivity contribution in [1.82, 2.24) is 0 Å². The van der Waals surface area contributed by atoms with Gasteiger partial charge in [-0.3, -0.25) is 14.5 Å². The number of anilines is 1. The molecule has 7 nitrogen and oxygen atoms in total. The van der Waals surface area contributed by atoms with Gasteiger partial charge in [0.2, 0.25) is 0 Å². The summed E-state index contributed by atoms with van der Waals surface area (Å²) in [6.07, 6.45) is 0. The normalized spacial score (nSPS) is 13.4. The van der Waals surface area contributed by atoms with Crippen molar-refractivity contribution < 1.29 is 29.0 Å². The lowest BCUT2D eigenvalue weighted by Gasteiger charge is -2.28. The van der Waals surface area contributed by atoms with Crippen LogP contribution in [0.2, 0.25) is 0 Å². The smallest absolute Gasteiger partial charge is 0.335 e. The minimum absolute atomic E-state index is 0.0502. The zero-order chi connectivity index (χ0) is 14.7. The number of fused-ring (bicyclic) bond motifs is 1. The molecule has 0 spiro atoms. The molecule has 1 heterocycles. The molecule has 0 saturated heterocycles. The van der Waals surface area contributed by atoms with E-state index in [1.54, 1.807) is 6.92 Å². The molecule has 0 atom stereocenters. The summed E-state index contributed by atoms with van der Waals surface area (Å²) in [6.45, 7) is 1.43. The topological polar surface area (TPSA) is 93.1 Å². The summed E-state index contributed by atoms with van der Waals surface area (Å²) in [5.74, 6) is -1.75. The Hall–Kier alpha value is -2.57. The maximum Gasteiger partial charge on any atom is 0.335 e. The molecule has 1 aromatic rings. The summed E-state index contributed by atoms with van der Waals surface area (Å²) in [7, 11) is 0. The molecule has 1 aliphatic heterocycles. The maximum atomic E-state index is 11.8. The lowest BCUT2D eigenvalue weighted by Crippen LogP contribution is -2.42. The quantitative estimate of drug-likeness (QED) is 0.814. The number of carboxylic acids is 1. The van der Waals surface area contributed by atoms with Crippen molar-refractivity contribution in [1.29, 1.82) is 0 Å². The van der Waals surface area contributed by atoms with E-state index in [9.17, 15) is 14.4 Å². The van der Waals surface area contributed by atoms with Crippen LogP contribution in [0.4, 0.5) is 5.69 Å². The SMILES string of the molecule is CCOC(=O)CN1C(=O)COc2cc(C(=O)O)ccc21. The second kappa shape index (κ2) is 5.60. The number of esters is 1. The highest BCUT2D eigenvalue weighted by molar-refractivity contribution is 6.02. The number of amides is 1. The van der Waals surface area contributed by atoms with E-state index in [1.165, 1.54) is 23.1 Å². The number of carbonyl (C=O) groups is 3. The van der Waals surface area contributed by atoms with Gasteiger partial charge in [0.05, 0.1) is 17.9 Å². The van der Waals surface area contributed by atoms with Gasteiger partial charge < -0.3 is 14.6 Å². The summed E-state index contributed by atoms with van der Waals surface area (Å²) in [5.41, 5.74) is 0.411. The third-order valence-corrected chi connectivity index (χ3v) is 2.74. The first-order valence-corrected chi connectivity index (χ1v) is 5.99. The van der Waals surface area contributed by atoms with Crippen LogP contribution in [0, 0.1) is 0 Å². The highest BCUT2D eigenvalue weighted by atomic mass is 16.5. The van der Waals surface area contributed by atoms with E-state index in [4.69, 9.17) is 14.6 Å². The number of benzene rings is 1. The van der Waals surface area contributed by atoms with E-state index >= 15 is 0 Å². The Morgan fingerprint density at radius 2 is 2.20 bits per heavy atom. The number of hydrogen-bond donors (Lipinski definition) is 1. The second-order valence-electron chi connectivity index (χ2n) is 4.06. The standard InChI is InChI=1S/C13H13NO6/c1-2-19-12(16)6-14-9-4-3-8(13(17)18)5-10(9)20-7-11(14)15/h3-5H,2,6-7H2,1H3,(H,17,18). The van der Waals surface area contributed by atoms with Gasteiger partial charge in [-0.05, 0) is 25.1 Å². The van der Waals surface area contributed by atoms with Crippen molar-refractivity contribution in [2.24, 2.45) is 0 Å². The van der Waals surface area contributed by atoms with E-state index in [0.29, 0.717) is 5.69 Å². The van der Waals surface area contributed by atoms with Gasteiger partial charge in [0.25, 0.3) is 5.91 Å². The van der Waals surface area contributed by atoms with E-state index in [2.05, 4.69) is 0 Å². The number of carbonyl (C=O) groups excluding carboxylic acids is 2. The van der Waals surface area contributed by atoms with Crippen molar-refractivity contribution in [2.75, 3.05) is 24.7 Å². The first-order valence-electron chi connectivity index (χ1n) is 5.99. The number of nitrogens with zero attached hydrogens (tertiary/aromatic N) is 1. The van der Waals surface area contributed by atoms with Gasteiger partial charge in [-0.2, -0.15) is 0 Å². The fraction of sp³-hybridized carbons (Fsp3) is 0.308. The van der Waals surface area contributed by atoms with Crippen LogP contribution in [0.5, 0.6) is 5.75 Å². The third-order valence-electron chi connectivity index (χ3n) is 2.74. The van der Waals surface area contributed by atoms with Gasteiger partial charge in [-0.1, -0.05) is 0 Å². The fourth-order valence-electron chi connectivity index (χ4n) is 1.85. The van der Waals surface area contributed by atoms with Gasteiger partial charge in [-0.25, -0.2) is 4.79 Å². The van der Waals surface area contributed by atoms with E-state index in [1.807, 2.05) is 0 Å². The van der Waals surface area contributed by atoms with Crippen LogP contribution in [-0.2, 0) is 14.3 Å². The minimum atomic E-state index is -1.09. The summed E-state index contributed by atoms with van der Waals surface area (Å²) in [6, 6.07) is 4.11. The van der Waals surface area contributed by atoms with E-state index in [0.717, 1.165) is 0 Å². The Kier molecular flexibility index (Phi) is 3.88. The number of hydrogen-bond acceptors (Lipinski definition) is 5. The molecule has 7 heteroatoms. The van der Waals surface area contributed by atoms with Crippen molar-refractivity contribution in [3.8, 4) is 5.75 Å². The zero-order valence-electron chi connectivity index (χ0n) is 10.8. The number of rotatable bonds is 4. The molecule has 1 aromatic carbocycles. The Bertz CT molecular complexity index is 568. The Balaban J connectivity index is 2.29. The molecule has 0 aromatic heterocycles. The number of carboxylic acid groups (broad SMARTS) is 1. The third kappa shape index (κ3) is 2.71. The van der Waals surface area contributed by atoms with Crippen LogP contribution in [0.3, 0.4) is 0 Å². The average Bonchev–Trinajstić information content (AvgIpc) is 2.41. The molecule has 1 amide bonds. The predicted octanol–water partition coefficient (Wildman–Crippen LogP) is 0.673. The van der Waals surface area contributed by atoms with Crippen molar-refractivity contribution >= 4 is 23.5 Å². The highest BCUT2D eigenvalue weighted by Crippen LogP contribution is 2.32. The second-order valence-corrected chi connectivity index (χ2v) is 4.06. The van der Waals surface area contributed by atoms with E-state index in [-0.39, 0.29) is 37.0 Å². The zero-order valence-corrected chi connectivity index (χ0v) is 10.8. The van der Waals surface area contributed by atoms with Gasteiger partial charge >= 0.3 is 11.9 Å². The van der Waals surface area contributed by atoms with Gasteiger partial charge in [0.15, 0.2) is 6.61 Å². The number of ether oxygens (including phenoxy) is 2. The van der Waals surface area contributed by atoms with Crippen LogP contribution >= 0.6 is 0 Å². The molecular weight excluding hydrogens is 266 g/mol. The maximum absolute atomic E-state index is 11.8. The average molecular weight is 279 g/mol. The van der Waals surface area contributed by atoms with Crippen LogP contribution in [0.25, 0.3) is 0 Å². The first kappa shape index (κ1) is 13.9.